The van der Waals surface area contributed by atoms with Crippen molar-refractivity contribution in [2.45, 2.75) is 10.6 Å². The van der Waals surface area contributed by atoms with Crippen LogP contribution in [-0.4, -0.2) is 5.16 Å². The van der Waals surface area contributed by atoms with E-state index in [4.69, 9.17) is 14.7 Å². The van der Waals surface area contributed by atoms with Gasteiger partial charge in [-0.25, -0.2) is 4.39 Å². The van der Waals surface area contributed by atoms with E-state index in [2.05, 4.69) is 5.16 Å². The summed E-state index contributed by atoms with van der Waals surface area (Å²) in [6.07, 6.45) is 1.57. The average molecular weight is 290 g/mol. The number of thioether (sulfide) groups is 1. The monoisotopic (exact) mass is 290 g/mol. The van der Waals surface area contributed by atoms with Crippen LogP contribution in [0.4, 0.5) is 10.1 Å². The Bertz CT molecular complexity index is 690. The molecule has 0 saturated heterocycles. The lowest BCUT2D eigenvalue weighted by Gasteiger charge is -2.01. The Labute approximate surface area is 118 Å². The van der Waals surface area contributed by atoms with Crippen molar-refractivity contribution in [2.75, 3.05) is 5.73 Å². The lowest BCUT2D eigenvalue weighted by Crippen LogP contribution is -1.88. The van der Waals surface area contributed by atoms with Crippen molar-refractivity contribution in [2.24, 2.45) is 0 Å². The minimum Gasteiger partial charge on any atom is -0.461 e. The van der Waals surface area contributed by atoms with Crippen molar-refractivity contribution in [3.63, 3.8) is 0 Å². The lowest BCUT2D eigenvalue weighted by molar-refractivity contribution is 0.413. The Balaban J connectivity index is 1.69. The van der Waals surface area contributed by atoms with Gasteiger partial charge in [0.1, 0.15) is 5.82 Å². The molecule has 1 aromatic carbocycles. The summed E-state index contributed by atoms with van der Waals surface area (Å²) in [6, 6.07) is 9.83. The molecule has 102 valence electrons. The third kappa shape index (κ3) is 2.85. The van der Waals surface area contributed by atoms with Crippen molar-refractivity contribution >= 4 is 17.4 Å². The van der Waals surface area contributed by atoms with E-state index >= 15 is 0 Å². The fraction of sp³-hybridized carbons (Fsp3) is 0.0714. The first-order valence-corrected chi connectivity index (χ1v) is 6.87. The molecule has 0 aliphatic heterocycles. The number of nitrogen functional groups attached to an aromatic ring is 1. The van der Waals surface area contributed by atoms with Crippen LogP contribution < -0.4 is 5.73 Å². The molecule has 0 bridgehead atoms. The number of rotatable bonds is 4. The van der Waals surface area contributed by atoms with Gasteiger partial charge >= 0.3 is 0 Å². The summed E-state index contributed by atoms with van der Waals surface area (Å²) in [5.41, 5.74) is 6.76. The van der Waals surface area contributed by atoms with Crippen LogP contribution in [-0.2, 0) is 5.75 Å². The second-order valence-corrected chi connectivity index (χ2v) is 5.22. The Morgan fingerprint density at radius 2 is 2.10 bits per heavy atom. The molecule has 0 unspecified atom stereocenters. The third-order valence-electron chi connectivity index (χ3n) is 2.60. The molecule has 3 rings (SSSR count). The third-order valence-corrected chi connectivity index (χ3v) is 3.61. The number of hydrogen-bond acceptors (Lipinski definition) is 5. The number of nitrogens with two attached hydrogens (primary N) is 1. The van der Waals surface area contributed by atoms with Crippen molar-refractivity contribution < 1.29 is 13.3 Å². The van der Waals surface area contributed by atoms with Crippen LogP contribution in [0.3, 0.4) is 0 Å². The quantitative estimate of drug-likeness (QED) is 0.582. The standard InChI is InChI=1S/C14H11FN2O2S/c15-9-4-10(16)6-12(5-9)20-8-11-7-14(19-17-11)13-2-1-3-18-13/h1-7H,8,16H2. The lowest BCUT2D eigenvalue weighted by atomic mass is 10.3. The van der Waals surface area contributed by atoms with Gasteiger partial charge in [0.25, 0.3) is 0 Å². The van der Waals surface area contributed by atoms with Crippen LogP contribution >= 0.6 is 11.8 Å². The van der Waals surface area contributed by atoms with Gasteiger partial charge in [-0.05, 0) is 30.3 Å². The van der Waals surface area contributed by atoms with E-state index in [1.807, 2.05) is 0 Å². The van der Waals surface area contributed by atoms with Crippen molar-refractivity contribution in [1.29, 1.82) is 0 Å². The zero-order valence-corrected chi connectivity index (χ0v) is 11.2. The Kier molecular flexibility index (Phi) is 3.47. The van der Waals surface area contributed by atoms with Crippen LogP contribution in [0.1, 0.15) is 5.69 Å². The van der Waals surface area contributed by atoms with E-state index in [0.29, 0.717) is 23.0 Å². The van der Waals surface area contributed by atoms with E-state index in [-0.39, 0.29) is 5.82 Å². The first-order valence-electron chi connectivity index (χ1n) is 5.89. The maximum absolute atomic E-state index is 13.2. The van der Waals surface area contributed by atoms with Gasteiger partial charge in [-0.2, -0.15) is 0 Å². The maximum Gasteiger partial charge on any atom is 0.202 e. The van der Waals surface area contributed by atoms with Crippen molar-refractivity contribution in [1.82, 2.24) is 5.16 Å². The predicted octanol–water partition coefficient (Wildman–Crippen LogP) is 3.95. The number of hydrogen-bond donors (Lipinski definition) is 1. The highest BCUT2D eigenvalue weighted by Gasteiger charge is 2.09. The molecule has 2 heterocycles. The zero-order chi connectivity index (χ0) is 13.9. The second kappa shape index (κ2) is 5.42. The minimum atomic E-state index is -0.344. The van der Waals surface area contributed by atoms with Crippen LogP contribution in [0.25, 0.3) is 11.5 Å². The van der Waals surface area contributed by atoms with Crippen molar-refractivity contribution in [3.8, 4) is 11.5 Å². The summed E-state index contributed by atoms with van der Waals surface area (Å²) >= 11 is 1.44. The summed E-state index contributed by atoms with van der Waals surface area (Å²) in [6.45, 7) is 0. The molecule has 6 heteroatoms. The molecule has 0 aliphatic rings. The molecular weight excluding hydrogens is 279 g/mol. The normalized spacial score (nSPS) is 10.8. The molecule has 20 heavy (non-hydrogen) atoms. The topological polar surface area (TPSA) is 65.2 Å². The highest BCUT2D eigenvalue weighted by Crippen LogP contribution is 2.27. The second-order valence-electron chi connectivity index (χ2n) is 4.17. The Morgan fingerprint density at radius 1 is 1.20 bits per heavy atom. The smallest absolute Gasteiger partial charge is 0.202 e. The van der Waals surface area contributed by atoms with Gasteiger partial charge < -0.3 is 14.7 Å². The molecule has 4 nitrogen and oxygen atoms in total. The average Bonchev–Trinajstić information content (AvgIpc) is 3.06. The molecule has 0 aliphatic carbocycles. The fourth-order valence-corrected chi connectivity index (χ4v) is 2.61. The van der Waals surface area contributed by atoms with Gasteiger partial charge in [0.2, 0.25) is 5.76 Å². The van der Waals surface area contributed by atoms with E-state index in [1.54, 1.807) is 30.5 Å². The molecule has 2 aromatic heterocycles. The van der Waals surface area contributed by atoms with Gasteiger partial charge in [0, 0.05) is 22.4 Å². The van der Waals surface area contributed by atoms with E-state index < -0.39 is 0 Å². The molecule has 0 atom stereocenters. The van der Waals surface area contributed by atoms with E-state index in [1.165, 1.54) is 23.9 Å². The highest BCUT2D eigenvalue weighted by molar-refractivity contribution is 7.98. The van der Waals surface area contributed by atoms with Gasteiger partial charge in [-0.1, -0.05) is 5.16 Å². The van der Waals surface area contributed by atoms with Gasteiger partial charge in [0.15, 0.2) is 5.76 Å². The van der Waals surface area contributed by atoms with Crippen LogP contribution in [0.5, 0.6) is 0 Å². The fourth-order valence-electron chi connectivity index (χ4n) is 1.74. The van der Waals surface area contributed by atoms with E-state index in [9.17, 15) is 4.39 Å². The molecule has 0 spiro atoms. The summed E-state index contributed by atoms with van der Waals surface area (Å²) in [5, 5.41) is 3.95. The number of nitrogens with zero attached hydrogens (tertiary/aromatic N) is 1. The molecule has 2 N–H and O–H groups in total. The Hall–Kier alpha value is -2.21. The number of anilines is 1. The summed E-state index contributed by atoms with van der Waals surface area (Å²) < 4.78 is 23.6. The summed E-state index contributed by atoms with van der Waals surface area (Å²) in [4.78, 5) is 0.755. The zero-order valence-electron chi connectivity index (χ0n) is 10.4. The summed E-state index contributed by atoms with van der Waals surface area (Å²) in [7, 11) is 0. The minimum absolute atomic E-state index is 0.344. The SMILES string of the molecule is Nc1cc(F)cc(SCc2cc(-c3ccco3)on2)c1. The van der Waals surface area contributed by atoms with E-state index in [0.717, 1.165) is 10.6 Å². The molecular formula is C14H11FN2O2S. The Morgan fingerprint density at radius 3 is 2.85 bits per heavy atom. The number of benzene rings is 1. The highest BCUT2D eigenvalue weighted by atomic mass is 32.2. The first kappa shape index (κ1) is 12.8. The number of halogens is 1. The van der Waals surface area contributed by atoms with Crippen LogP contribution in [0.2, 0.25) is 0 Å². The maximum atomic E-state index is 13.2. The molecule has 0 fully saturated rings. The largest absolute Gasteiger partial charge is 0.461 e. The summed E-state index contributed by atoms with van der Waals surface area (Å²) in [5.74, 6) is 1.42. The van der Waals surface area contributed by atoms with Gasteiger partial charge in [-0.3, -0.25) is 0 Å². The van der Waals surface area contributed by atoms with Gasteiger partial charge in [0.05, 0.1) is 12.0 Å². The molecule has 0 radical (unpaired) electrons. The van der Waals surface area contributed by atoms with Crippen molar-refractivity contribution in [3.05, 3.63) is 54.2 Å². The predicted molar refractivity (Wildman–Crippen MR) is 74.6 cm³/mol. The first-order chi connectivity index (χ1) is 9.70. The molecule has 0 saturated carbocycles. The van der Waals surface area contributed by atoms with Crippen LogP contribution in [0.15, 0.2) is 56.5 Å². The molecule has 0 amide bonds. The number of aromatic nitrogens is 1. The molecule has 3 aromatic rings. The number of furan rings is 1. The van der Waals surface area contributed by atoms with Gasteiger partial charge in [-0.15, -0.1) is 11.8 Å². The van der Waals surface area contributed by atoms with Crippen LogP contribution in [0, 0.1) is 5.82 Å².